The van der Waals surface area contributed by atoms with Gasteiger partial charge in [0.25, 0.3) is 0 Å². The molecule has 11 heteroatoms. The second-order valence-electron chi connectivity index (χ2n) is 10.7. The van der Waals surface area contributed by atoms with Gasteiger partial charge in [0.1, 0.15) is 19.8 Å². The predicted molar refractivity (Wildman–Crippen MR) is 161 cm³/mol. The summed E-state index contributed by atoms with van der Waals surface area (Å²) in [5, 5.41) is 9.67. The van der Waals surface area contributed by atoms with Gasteiger partial charge in [0.05, 0.1) is 33.9 Å². The van der Waals surface area contributed by atoms with Crippen molar-refractivity contribution in [2.24, 2.45) is 0 Å². The molecule has 0 aromatic carbocycles. The Balaban J connectivity index is 4.22. The molecule has 0 aliphatic carbocycles. The number of hydrogen-bond acceptors (Lipinski definition) is 8. The monoisotopic (exact) mass is 602 g/mol. The lowest BCUT2D eigenvalue weighted by Crippen LogP contribution is -2.37. The van der Waals surface area contributed by atoms with E-state index in [-0.39, 0.29) is 25.7 Å². The van der Waals surface area contributed by atoms with Gasteiger partial charge in [-0.15, -0.1) is 0 Å². The quantitative estimate of drug-likeness (QED) is 0.0489. The van der Waals surface area contributed by atoms with E-state index in [4.69, 9.17) is 18.5 Å². The first kappa shape index (κ1) is 38.9. The Hall–Kier alpha value is -2.07. The second kappa shape index (κ2) is 23.5. The largest absolute Gasteiger partial charge is 0.472 e. The first-order valence-electron chi connectivity index (χ1n) is 14.4. The number of aliphatic hydroxyl groups is 1. The van der Waals surface area contributed by atoms with Gasteiger partial charge in [-0.2, -0.15) is 0 Å². The van der Waals surface area contributed by atoms with Gasteiger partial charge < -0.3 is 24.0 Å². The molecule has 0 spiro atoms. The lowest BCUT2D eigenvalue weighted by molar-refractivity contribution is -0.870. The molecule has 0 aromatic heterocycles. The van der Waals surface area contributed by atoms with E-state index in [1.165, 1.54) is 6.92 Å². The molecular weight excluding hydrogens is 549 g/mol. The molecule has 0 heterocycles. The third-order valence-corrected chi connectivity index (χ3v) is 6.46. The molecule has 41 heavy (non-hydrogen) atoms. The first-order chi connectivity index (χ1) is 19.3. The standard InChI is InChI=1S/C30H52NO9P/c1-6-20-28(33)21-18-16-14-12-10-8-7-9-11-13-15-17-19-22-30(34)40-29(25-37-27(2)32)26-39-41(35,36)38-24-23-31(3,4)5/h7,9-10,12-13,15-16,18,28-29,33H,6,8,11,14,17,19-26H2,1-5H3/p+1/b9-7-,12-10-,15-13-,18-16-/t28?,29-/m1/s1. The first-order valence-corrected chi connectivity index (χ1v) is 15.9. The third-order valence-electron chi connectivity index (χ3n) is 5.48. The van der Waals surface area contributed by atoms with Crippen LogP contribution < -0.4 is 0 Å². The molecule has 0 fully saturated rings. The zero-order valence-corrected chi connectivity index (χ0v) is 26.5. The molecule has 0 bridgehead atoms. The number of phosphoric acid groups is 1. The van der Waals surface area contributed by atoms with Crippen LogP contribution in [0.1, 0.15) is 71.6 Å². The number of likely N-dealkylation sites (N-methyl/N-ethyl adjacent to an activating group) is 1. The van der Waals surface area contributed by atoms with Gasteiger partial charge >= 0.3 is 19.8 Å². The Bertz CT molecular complexity index is 878. The Labute approximate surface area is 246 Å². The van der Waals surface area contributed by atoms with Crippen molar-refractivity contribution in [3.8, 4) is 0 Å². The van der Waals surface area contributed by atoms with Crippen molar-refractivity contribution in [3.63, 3.8) is 0 Å². The molecular formula is C30H53NO9P+. The Morgan fingerprint density at radius 1 is 0.902 bits per heavy atom. The van der Waals surface area contributed by atoms with Crippen LogP contribution in [-0.4, -0.2) is 86.1 Å². The van der Waals surface area contributed by atoms with Gasteiger partial charge in [-0.25, -0.2) is 4.57 Å². The molecule has 2 N–H and O–H groups in total. The van der Waals surface area contributed by atoms with E-state index in [0.29, 0.717) is 30.3 Å². The van der Waals surface area contributed by atoms with Crippen molar-refractivity contribution in [3.05, 3.63) is 48.6 Å². The number of quaternary nitrogens is 1. The lowest BCUT2D eigenvalue weighted by Gasteiger charge is -2.24. The number of rotatable bonds is 24. The third kappa shape index (κ3) is 27.9. The fourth-order valence-corrected chi connectivity index (χ4v) is 3.96. The fraction of sp³-hybridized carbons (Fsp3) is 0.667. The number of phosphoric ester groups is 1. The number of carbonyl (C=O) groups excluding carboxylic acids is 2. The maximum absolute atomic E-state index is 12.2. The number of carbonyl (C=O) groups is 2. The average molecular weight is 603 g/mol. The molecule has 0 aliphatic rings. The number of esters is 2. The number of allylic oxidation sites excluding steroid dienone is 7. The summed E-state index contributed by atoms with van der Waals surface area (Å²) < 4.78 is 32.8. The summed E-state index contributed by atoms with van der Waals surface area (Å²) >= 11 is 0. The molecule has 10 nitrogen and oxygen atoms in total. The van der Waals surface area contributed by atoms with Crippen LogP contribution in [0.25, 0.3) is 0 Å². The van der Waals surface area contributed by atoms with Crippen LogP contribution in [0, 0.1) is 0 Å². The van der Waals surface area contributed by atoms with Gasteiger partial charge in [-0.05, 0) is 44.9 Å². The summed E-state index contributed by atoms with van der Waals surface area (Å²) in [5.41, 5.74) is 0. The molecule has 0 radical (unpaired) electrons. The Morgan fingerprint density at radius 3 is 2.05 bits per heavy atom. The lowest BCUT2D eigenvalue weighted by atomic mass is 10.1. The van der Waals surface area contributed by atoms with E-state index in [9.17, 15) is 24.2 Å². The van der Waals surface area contributed by atoms with Crippen molar-refractivity contribution in [2.75, 3.05) is 47.5 Å². The SMILES string of the molecule is CCCC(O)C/C=C\C/C=C\C/C=C\C/C=C\CCCC(=O)O[C@H](COC(C)=O)COP(=O)(O)OCC[N+](C)(C)C. The second-order valence-corrected chi connectivity index (χ2v) is 12.1. The van der Waals surface area contributed by atoms with Gasteiger partial charge in [0, 0.05) is 13.3 Å². The molecule has 3 atom stereocenters. The van der Waals surface area contributed by atoms with Crippen molar-refractivity contribution < 1.29 is 47.2 Å². The van der Waals surface area contributed by atoms with Crippen molar-refractivity contribution in [2.45, 2.75) is 83.8 Å². The number of ether oxygens (including phenoxy) is 2. The molecule has 0 aromatic rings. The molecule has 0 saturated heterocycles. The maximum atomic E-state index is 12.2. The zero-order valence-electron chi connectivity index (χ0n) is 25.6. The van der Waals surface area contributed by atoms with Crippen LogP contribution >= 0.6 is 7.82 Å². The molecule has 2 unspecified atom stereocenters. The van der Waals surface area contributed by atoms with E-state index in [0.717, 1.165) is 32.1 Å². The number of unbranched alkanes of at least 4 members (excludes halogenated alkanes) is 1. The van der Waals surface area contributed by atoms with Crippen LogP contribution in [0.4, 0.5) is 0 Å². The highest BCUT2D eigenvalue weighted by Gasteiger charge is 2.26. The van der Waals surface area contributed by atoms with Crippen molar-refractivity contribution in [1.82, 2.24) is 0 Å². The summed E-state index contributed by atoms with van der Waals surface area (Å²) in [4.78, 5) is 33.3. The highest BCUT2D eigenvalue weighted by atomic mass is 31.2. The van der Waals surface area contributed by atoms with E-state index in [1.807, 2.05) is 39.4 Å². The average Bonchev–Trinajstić information content (AvgIpc) is 2.87. The van der Waals surface area contributed by atoms with Crippen LogP contribution in [0.5, 0.6) is 0 Å². The van der Waals surface area contributed by atoms with Gasteiger partial charge in [-0.1, -0.05) is 62.0 Å². The van der Waals surface area contributed by atoms with E-state index >= 15 is 0 Å². The maximum Gasteiger partial charge on any atom is 0.472 e. The van der Waals surface area contributed by atoms with Gasteiger partial charge in [0.15, 0.2) is 6.10 Å². The van der Waals surface area contributed by atoms with E-state index in [2.05, 4.69) is 37.3 Å². The molecule has 0 amide bonds. The zero-order chi connectivity index (χ0) is 31.0. The van der Waals surface area contributed by atoms with Gasteiger partial charge in [0.2, 0.25) is 0 Å². The minimum absolute atomic E-state index is 0.0101. The van der Waals surface area contributed by atoms with Crippen LogP contribution in [0.3, 0.4) is 0 Å². The van der Waals surface area contributed by atoms with Gasteiger partial charge in [-0.3, -0.25) is 18.6 Å². The smallest absolute Gasteiger partial charge is 0.462 e. The minimum atomic E-state index is -4.35. The van der Waals surface area contributed by atoms with Crippen molar-refractivity contribution in [1.29, 1.82) is 0 Å². The Morgan fingerprint density at radius 2 is 1.49 bits per heavy atom. The summed E-state index contributed by atoms with van der Waals surface area (Å²) in [7, 11) is 1.40. The topological polar surface area (TPSA) is 129 Å². The van der Waals surface area contributed by atoms with Crippen LogP contribution in [0.15, 0.2) is 48.6 Å². The summed E-state index contributed by atoms with van der Waals surface area (Å²) in [6.07, 6.45) is 21.7. The summed E-state index contributed by atoms with van der Waals surface area (Å²) in [5.74, 6) is -1.09. The number of nitrogens with zero attached hydrogens (tertiary/aromatic N) is 1. The van der Waals surface area contributed by atoms with Crippen LogP contribution in [-0.2, 0) is 32.7 Å². The summed E-state index contributed by atoms with van der Waals surface area (Å²) in [6, 6.07) is 0. The predicted octanol–water partition coefficient (Wildman–Crippen LogP) is 5.42. The number of aliphatic hydroxyl groups excluding tert-OH is 1. The summed E-state index contributed by atoms with van der Waals surface area (Å²) in [6.45, 7) is 3.05. The van der Waals surface area contributed by atoms with E-state index in [1.54, 1.807) is 0 Å². The molecule has 0 saturated carbocycles. The highest BCUT2D eigenvalue weighted by Crippen LogP contribution is 2.43. The van der Waals surface area contributed by atoms with E-state index < -0.39 is 32.5 Å². The van der Waals surface area contributed by atoms with Crippen molar-refractivity contribution >= 4 is 19.8 Å². The van der Waals surface area contributed by atoms with Crippen LogP contribution in [0.2, 0.25) is 0 Å². The highest BCUT2D eigenvalue weighted by molar-refractivity contribution is 7.47. The Kier molecular flexibility index (Phi) is 22.3. The fourth-order valence-electron chi connectivity index (χ4n) is 3.22. The molecule has 0 rings (SSSR count). The number of hydrogen-bond donors (Lipinski definition) is 2. The molecule has 0 aliphatic heterocycles. The minimum Gasteiger partial charge on any atom is -0.462 e. The normalized spacial score (nSPS) is 15.6. The molecule has 236 valence electrons.